The first-order chi connectivity index (χ1) is 14.0. The standard InChI is InChI=1S/C23H21FN2O3/c1-25-22(27)14-16-8-12-19(13-9-16)26-23(28)20-4-2-3-5-21(20)29-15-17-6-10-18(24)11-7-17/h2-13H,14-15H2,1H3,(H,25,27)(H,26,28). The predicted molar refractivity (Wildman–Crippen MR) is 109 cm³/mol. The minimum Gasteiger partial charge on any atom is -0.488 e. The van der Waals surface area contributed by atoms with Crippen molar-refractivity contribution >= 4 is 17.5 Å². The lowest BCUT2D eigenvalue weighted by molar-refractivity contribution is -0.119. The van der Waals surface area contributed by atoms with Crippen molar-refractivity contribution in [1.82, 2.24) is 5.32 Å². The second kappa shape index (κ2) is 9.50. The molecular formula is C23H21FN2O3. The van der Waals surface area contributed by atoms with E-state index < -0.39 is 0 Å². The number of carbonyl (C=O) groups is 2. The SMILES string of the molecule is CNC(=O)Cc1ccc(NC(=O)c2ccccc2OCc2ccc(F)cc2)cc1. The third-order valence-electron chi connectivity index (χ3n) is 4.29. The molecule has 0 aliphatic carbocycles. The van der Waals surface area contributed by atoms with Gasteiger partial charge >= 0.3 is 0 Å². The number of amides is 2. The van der Waals surface area contributed by atoms with Crippen LogP contribution in [0.25, 0.3) is 0 Å². The van der Waals surface area contributed by atoms with E-state index in [2.05, 4.69) is 10.6 Å². The van der Waals surface area contributed by atoms with Crippen LogP contribution in [0, 0.1) is 5.82 Å². The Labute approximate surface area is 168 Å². The number of hydrogen-bond donors (Lipinski definition) is 2. The van der Waals surface area contributed by atoms with Crippen LogP contribution in [-0.4, -0.2) is 18.9 Å². The van der Waals surface area contributed by atoms with Crippen LogP contribution in [0.3, 0.4) is 0 Å². The lowest BCUT2D eigenvalue weighted by Gasteiger charge is -2.12. The predicted octanol–water partition coefficient (Wildman–Crippen LogP) is 3.95. The van der Waals surface area contributed by atoms with E-state index >= 15 is 0 Å². The summed E-state index contributed by atoms with van der Waals surface area (Å²) in [6.45, 7) is 0.221. The monoisotopic (exact) mass is 392 g/mol. The summed E-state index contributed by atoms with van der Waals surface area (Å²) in [6, 6.07) is 20.0. The molecular weight excluding hydrogens is 371 g/mol. The van der Waals surface area contributed by atoms with Crippen molar-refractivity contribution < 1.29 is 18.7 Å². The average molecular weight is 392 g/mol. The molecule has 148 valence electrons. The van der Waals surface area contributed by atoms with Crippen LogP contribution in [0.1, 0.15) is 21.5 Å². The van der Waals surface area contributed by atoms with E-state index in [9.17, 15) is 14.0 Å². The smallest absolute Gasteiger partial charge is 0.259 e. The lowest BCUT2D eigenvalue weighted by Crippen LogP contribution is -2.19. The number of para-hydroxylation sites is 1. The van der Waals surface area contributed by atoms with E-state index in [1.807, 2.05) is 0 Å². The first-order valence-corrected chi connectivity index (χ1v) is 9.12. The third kappa shape index (κ3) is 5.65. The van der Waals surface area contributed by atoms with Gasteiger partial charge < -0.3 is 15.4 Å². The van der Waals surface area contributed by atoms with Crippen molar-refractivity contribution in [2.45, 2.75) is 13.0 Å². The second-order valence-corrected chi connectivity index (χ2v) is 6.41. The van der Waals surface area contributed by atoms with Crippen LogP contribution < -0.4 is 15.4 Å². The number of rotatable bonds is 7. The molecule has 2 amide bonds. The molecule has 0 unspecified atom stereocenters. The van der Waals surface area contributed by atoms with Gasteiger partial charge in [-0.2, -0.15) is 0 Å². The Balaban J connectivity index is 1.66. The molecule has 0 atom stereocenters. The Hall–Kier alpha value is -3.67. The second-order valence-electron chi connectivity index (χ2n) is 6.41. The fraction of sp³-hybridized carbons (Fsp3) is 0.130. The molecule has 0 bridgehead atoms. The molecule has 3 rings (SSSR count). The molecule has 3 aromatic carbocycles. The Bertz CT molecular complexity index is 986. The topological polar surface area (TPSA) is 67.4 Å². The van der Waals surface area contributed by atoms with Gasteiger partial charge in [-0.25, -0.2) is 4.39 Å². The maximum Gasteiger partial charge on any atom is 0.259 e. The molecule has 0 fully saturated rings. The van der Waals surface area contributed by atoms with Gasteiger partial charge in [0, 0.05) is 12.7 Å². The number of hydrogen-bond acceptors (Lipinski definition) is 3. The highest BCUT2D eigenvalue weighted by Gasteiger charge is 2.13. The van der Waals surface area contributed by atoms with E-state index in [1.165, 1.54) is 12.1 Å². The lowest BCUT2D eigenvalue weighted by atomic mass is 10.1. The minimum atomic E-state index is -0.310. The summed E-state index contributed by atoms with van der Waals surface area (Å²) in [4.78, 5) is 24.1. The number of likely N-dealkylation sites (N-methyl/N-ethyl adjacent to an activating group) is 1. The van der Waals surface area contributed by atoms with Gasteiger partial charge in [-0.3, -0.25) is 9.59 Å². The summed E-state index contributed by atoms with van der Waals surface area (Å²) in [7, 11) is 1.59. The highest BCUT2D eigenvalue weighted by Crippen LogP contribution is 2.21. The number of halogens is 1. The van der Waals surface area contributed by atoms with Crippen molar-refractivity contribution in [2.75, 3.05) is 12.4 Å². The maximum atomic E-state index is 13.0. The summed E-state index contributed by atoms with van der Waals surface area (Å²) in [6.07, 6.45) is 0.283. The molecule has 5 nitrogen and oxygen atoms in total. The molecule has 3 aromatic rings. The van der Waals surface area contributed by atoms with E-state index in [0.717, 1.165) is 11.1 Å². The number of nitrogens with one attached hydrogen (secondary N) is 2. The van der Waals surface area contributed by atoms with Gasteiger partial charge in [-0.15, -0.1) is 0 Å². The van der Waals surface area contributed by atoms with Gasteiger partial charge in [0.15, 0.2) is 0 Å². The zero-order chi connectivity index (χ0) is 20.6. The fourth-order valence-electron chi connectivity index (χ4n) is 2.70. The number of anilines is 1. The fourth-order valence-corrected chi connectivity index (χ4v) is 2.70. The zero-order valence-corrected chi connectivity index (χ0v) is 15.9. The summed E-state index contributed by atoms with van der Waals surface area (Å²) in [5, 5.41) is 5.40. The largest absolute Gasteiger partial charge is 0.488 e. The van der Waals surface area contributed by atoms with Gasteiger partial charge in [-0.1, -0.05) is 36.4 Å². The van der Waals surface area contributed by atoms with Crippen LogP contribution in [0.2, 0.25) is 0 Å². The Kier molecular flexibility index (Phi) is 6.58. The zero-order valence-electron chi connectivity index (χ0n) is 15.9. The quantitative estimate of drug-likeness (QED) is 0.640. The van der Waals surface area contributed by atoms with Crippen molar-refractivity contribution in [3.8, 4) is 5.75 Å². The van der Waals surface area contributed by atoms with E-state index in [1.54, 1.807) is 67.7 Å². The number of carbonyl (C=O) groups excluding carboxylic acids is 2. The summed E-state index contributed by atoms with van der Waals surface area (Å²) < 4.78 is 18.8. The highest BCUT2D eigenvalue weighted by molar-refractivity contribution is 6.06. The number of ether oxygens (including phenoxy) is 1. The van der Waals surface area contributed by atoms with Gasteiger partial charge in [0.25, 0.3) is 5.91 Å². The Morgan fingerprint density at radius 1 is 0.897 bits per heavy atom. The molecule has 0 heterocycles. The summed E-state index contributed by atoms with van der Waals surface area (Å²) in [5.74, 6) is -0.256. The molecule has 0 spiro atoms. The summed E-state index contributed by atoms with van der Waals surface area (Å²) in [5.41, 5.74) is 2.66. The van der Waals surface area contributed by atoms with E-state index in [-0.39, 0.29) is 30.7 Å². The molecule has 0 saturated heterocycles. The average Bonchev–Trinajstić information content (AvgIpc) is 2.75. The van der Waals surface area contributed by atoms with Crippen molar-refractivity contribution in [2.24, 2.45) is 0 Å². The molecule has 0 saturated carbocycles. The molecule has 6 heteroatoms. The third-order valence-corrected chi connectivity index (χ3v) is 4.29. The minimum absolute atomic E-state index is 0.0750. The highest BCUT2D eigenvalue weighted by atomic mass is 19.1. The maximum absolute atomic E-state index is 13.0. The van der Waals surface area contributed by atoms with E-state index in [0.29, 0.717) is 17.0 Å². The van der Waals surface area contributed by atoms with Gasteiger partial charge in [0.2, 0.25) is 5.91 Å². The molecule has 29 heavy (non-hydrogen) atoms. The Morgan fingerprint density at radius 3 is 2.24 bits per heavy atom. The summed E-state index contributed by atoms with van der Waals surface area (Å²) >= 11 is 0. The van der Waals surface area contributed by atoms with Crippen LogP contribution in [-0.2, 0) is 17.8 Å². The normalized spacial score (nSPS) is 10.3. The first kappa shape index (κ1) is 20.1. The van der Waals surface area contributed by atoms with Crippen molar-refractivity contribution in [3.05, 3.63) is 95.3 Å². The Morgan fingerprint density at radius 2 is 1.55 bits per heavy atom. The van der Waals surface area contributed by atoms with Crippen molar-refractivity contribution in [3.63, 3.8) is 0 Å². The molecule has 2 N–H and O–H groups in total. The van der Waals surface area contributed by atoms with Crippen LogP contribution >= 0.6 is 0 Å². The molecule has 0 aliphatic rings. The molecule has 0 aromatic heterocycles. The van der Waals surface area contributed by atoms with Gasteiger partial charge in [-0.05, 0) is 47.5 Å². The van der Waals surface area contributed by atoms with Crippen LogP contribution in [0.15, 0.2) is 72.8 Å². The van der Waals surface area contributed by atoms with Crippen LogP contribution in [0.4, 0.5) is 10.1 Å². The van der Waals surface area contributed by atoms with Crippen LogP contribution in [0.5, 0.6) is 5.75 Å². The first-order valence-electron chi connectivity index (χ1n) is 9.12. The number of benzene rings is 3. The van der Waals surface area contributed by atoms with Crippen molar-refractivity contribution in [1.29, 1.82) is 0 Å². The van der Waals surface area contributed by atoms with Gasteiger partial charge in [0.1, 0.15) is 18.2 Å². The molecule has 0 aliphatic heterocycles. The molecule has 0 radical (unpaired) electrons. The van der Waals surface area contributed by atoms with E-state index in [4.69, 9.17) is 4.74 Å². The van der Waals surface area contributed by atoms with Gasteiger partial charge in [0.05, 0.1) is 12.0 Å².